The van der Waals surface area contributed by atoms with Gasteiger partial charge in [-0.3, -0.25) is 4.79 Å². The maximum absolute atomic E-state index is 11.7. The molecule has 0 radical (unpaired) electrons. The summed E-state index contributed by atoms with van der Waals surface area (Å²) in [6, 6.07) is 1.68. The smallest absolute Gasteiger partial charge is 0.228 e. The zero-order chi connectivity index (χ0) is 10.4. The van der Waals surface area contributed by atoms with E-state index in [2.05, 4.69) is 9.97 Å². The number of ether oxygens (including phenoxy) is 1. The minimum absolute atomic E-state index is 0.144. The molecule has 0 aliphatic heterocycles. The van der Waals surface area contributed by atoms with Gasteiger partial charge in [0.15, 0.2) is 5.82 Å². The second kappa shape index (κ2) is 5.44. The van der Waals surface area contributed by atoms with E-state index in [9.17, 15) is 4.79 Å². The lowest BCUT2D eigenvalue weighted by molar-refractivity contribution is 0.0568. The normalized spacial score (nSPS) is 12.4. The molecule has 0 saturated heterocycles. The second-order valence-electron chi connectivity index (χ2n) is 2.95. The zero-order valence-electron chi connectivity index (χ0n) is 8.43. The van der Waals surface area contributed by atoms with Crippen LogP contribution in [0.3, 0.4) is 0 Å². The molecular weight excluding hydrogens is 180 g/mol. The van der Waals surface area contributed by atoms with Crippen LogP contribution in [0.2, 0.25) is 0 Å². The summed E-state index contributed by atoms with van der Waals surface area (Å²) in [7, 11) is 1.53. The summed E-state index contributed by atoms with van der Waals surface area (Å²) in [5.41, 5.74) is 0. The van der Waals surface area contributed by atoms with Gasteiger partial charge in [0.2, 0.25) is 5.78 Å². The Balaban J connectivity index is 2.73. The van der Waals surface area contributed by atoms with Crippen molar-refractivity contribution in [1.29, 1.82) is 0 Å². The average molecular weight is 194 g/mol. The lowest BCUT2D eigenvalue weighted by Crippen LogP contribution is -2.24. The molecule has 1 aromatic rings. The molecule has 1 atom stereocenters. The number of hydrogen-bond acceptors (Lipinski definition) is 4. The summed E-state index contributed by atoms with van der Waals surface area (Å²) in [6.07, 6.45) is 4.30. The summed E-state index contributed by atoms with van der Waals surface area (Å²) < 4.78 is 5.08. The van der Waals surface area contributed by atoms with Crippen molar-refractivity contribution in [3.05, 3.63) is 24.3 Å². The Bertz CT molecular complexity index is 287. The van der Waals surface area contributed by atoms with Crippen LogP contribution >= 0.6 is 0 Å². The Morgan fingerprint density at radius 1 is 1.50 bits per heavy atom. The van der Waals surface area contributed by atoms with E-state index in [1.54, 1.807) is 18.5 Å². The lowest BCUT2D eigenvalue weighted by atomic mass is 10.1. The first-order valence-corrected chi connectivity index (χ1v) is 4.63. The van der Waals surface area contributed by atoms with Crippen molar-refractivity contribution >= 4 is 5.78 Å². The van der Waals surface area contributed by atoms with Crippen LogP contribution < -0.4 is 0 Å². The van der Waals surface area contributed by atoms with Gasteiger partial charge in [0.05, 0.1) is 0 Å². The second-order valence-corrected chi connectivity index (χ2v) is 2.95. The molecule has 0 saturated carbocycles. The van der Waals surface area contributed by atoms with Gasteiger partial charge in [-0.05, 0) is 12.5 Å². The highest BCUT2D eigenvalue weighted by Gasteiger charge is 2.20. The number of nitrogens with zero attached hydrogens (tertiary/aromatic N) is 2. The summed E-state index contributed by atoms with van der Waals surface area (Å²) in [4.78, 5) is 19.5. The molecule has 1 aromatic heterocycles. The number of aromatic nitrogens is 2. The molecular formula is C10H14N2O2. The van der Waals surface area contributed by atoms with E-state index in [0.29, 0.717) is 6.42 Å². The molecule has 1 heterocycles. The molecule has 0 fully saturated rings. The van der Waals surface area contributed by atoms with E-state index < -0.39 is 6.10 Å². The number of Topliss-reactive ketones (excluding diaryl/α,β-unsaturated/α-hetero) is 1. The van der Waals surface area contributed by atoms with Gasteiger partial charge in [0.25, 0.3) is 0 Å². The van der Waals surface area contributed by atoms with Gasteiger partial charge in [-0.1, -0.05) is 13.3 Å². The van der Waals surface area contributed by atoms with E-state index in [-0.39, 0.29) is 11.6 Å². The first-order valence-electron chi connectivity index (χ1n) is 4.63. The highest BCUT2D eigenvalue weighted by molar-refractivity contribution is 5.96. The van der Waals surface area contributed by atoms with Crippen molar-refractivity contribution < 1.29 is 9.53 Å². The fraction of sp³-hybridized carbons (Fsp3) is 0.500. The van der Waals surface area contributed by atoms with Crippen LogP contribution in [0.4, 0.5) is 0 Å². The summed E-state index contributed by atoms with van der Waals surface area (Å²) in [5.74, 6) is 0.0859. The fourth-order valence-corrected chi connectivity index (χ4v) is 1.19. The Labute approximate surface area is 83.3 Å². The molecule has 0 aliphatic rings. The van der Waals surface area contributed by atoms with Gasteiger partial charge in [-0.25, -0.2) is 9.97 Å². The molecule has 0 bridgehead atoms. The van der Waals surface area contributed by atoms with E-state index in [1.165, 1.54) is 7.11 Å². The Kier molecular flexibility index (Phi) is 4.19. The maximum atomic E-state index is 11.7. The van der Waals surface area contributed by atoms with E-state index in [4.69, 9.17) is 4.74 Å². The summed E-state index contributed by atoms with van der Waals surface area (Å²) >= 11 is 0. The molecule has 4 heteroatoms. The predicted octanol–water partition coefficient (Wildman–Crippen LogP) is 1.47. The van der Waals surface area contributed by atoms with Crippen LogP contribution in [-0.4, -0.2) is 29.0 Å². The highest BCUT2D eigenvalue weighted by Crippen LogP contribution is 2.06. The number of hydrogen-bond donors (Lipinski definition) is 0. The van der Waals surface area contributed by atoms with Crippen molar-refractivity contribution in [2.45, 2.75) is 25.9 Å². The SMILES string of the molecule is CCC[C@@H](OC)C(=O)c1ncccn1. The van der Waals surface area contributed by atoms with Gasteiger partial charge >= 0.3 is 0 Å². The van der Waals surface area contributed by atoms with Gasteiger partial charge in [0, 0.05) is 19.5 Å². The standard InChI is InChI=1S/C10H14N2O2/c1-3-5-8(14-2)9(13)10-11-6-4-7-12-10/h4,6-8H,3,5H2,1-2H3/t8-/m1/s1. The topological polar surface area (TPSA) is 52.1 Å². The van der Waals surface area contributed by atoms with Crippen LogP contribution in [0.25, 0.3) is 0 Å². The van der Waals surface area contributed by atoms with Gasteiger partial charge in [0.1, 0.15) is 6.10 Å². The molecule has 0 amide bonds. The van der Waals surface area contributed by atoms with Crippen LogP contribution in [-0.2, 0) is 4.74 Å². The Hall–Kier alpha value is -1.29. The van der Waals surface area contributed by atoms with Crippen LogP contribution in [0.5, 0.6) is 0 Å². The molecule has 76 valence electrons. The summed E-state index contributed by atoms with van der Waals surface area (Å²) in [6.45, 7) is 2.01. The Morgan fingerprint density at radius 2 is 2.14 bits per heavy atom. The number of carbonyl (C=O) groups is 1. The molecule has 0 aromatic carbocycles. The first-order chi connectivity index (χ1) is 6.79. The van der Waals surface area contributed by atoms with Gasteiger partial charge in [-0.15, -0.1) is 0 Å². The number of carbonyl (C=O) groups excluding carboxylic acids is 1. The van der Waals surface area contributed by atoms with Crippen molar-refractivity contribution in [2.75, 3.05) is 7.11 Å². The number of ketones is 1. The van der Waals surface area contributed by atoms with Crippen molar-refractivity contribution in [1.82, 2.24) is 9.97 Å². The third kappa shape index (κ3) is 2.60. The zero-order valence-corrected chi connectivity index (χ0v) is 8.43. The Morgan fingerprint density at radius 3 is 2.64 bits per heavy atom. The molecule has 0 N–H and O–H groups in total. The van der Waals surface area contributed by atoms with Crippen molar-refractivity contribution in [3.63, 3.8) is 0 Å². The van der Waals surface area contributed by atoms with Crippen LogP contribution in [0.15, 0.2) is 18.5 Å². The molecule has 0 aliphatic carbocycles. The minimum Gasteiger partial charge on any atom is -0.373 e. The third-order valence-corrected chi connectivity index (χ3v) is 1.91. The monoisotopic (exact) mass is 194 g/mol. The van der Waals surface area contributed by atoms with Crippen molar-refractivity contribution in [3.8, 4) is 0 Å². The number of methoxy groups -OCH3 is 1. The molecule has 14 heavy (non-hydrogen) atoms. The largest absolute Gasteiger partial charge is 0.373 e. The number of rotatable bonds is 5. The summed E-state index contributed by atoms with van der Waals surface area (Å²) in [5, 5.41) is 0. The van der Waals surface area contributed by atoms with E-state index >= 15 is 0 Å². The van der Waals surface area contributed by atoms with Crippen molar-refractivity contribution in [2.24, 2.45) is 0 Å². The fourth-order valence-electron chi connectivity index (χ4n) is 1.19. The average Bonchev–Trinajstić information content (AvgIpc) is 2.26. The first kappa shape index (κ1) is 10.8. The van der Waals surface area contributed by atoms with Gasteiger partial charge < -0.3 is 4.74 Å². The quantitative estimate of drug-likeness (QED) is 0.666. The highest BCUT2D eigenvalue weighted by atomic mass is 16.5. The van der Waals surface area contributed by atoms with Crippen LogP contribution in [0, 0.1) is 0 Å². The van der Waals surface area contributed by atoms with Crippen LogP contribution in [0.1, 0.15) is 30.4 Å². The van der Waals surface area contributed by atoms with E-state index in [1.807, 2.05) is 6.92 Å². The van der Waals surface area contributed by atoms with E-state index in [0.717, 1.165) is 6.42 Å². The molecule has 0 spiro atoms. The third-order valence-electron chi connectivity index (χ3n) is 1.91. The molecule has 0 unspecified atom stereocenters. The van der Waals surface area contributed by atoms with Gasteiger partial charge in [-0.2, -0.15) is 0 Å². The lowest BCUT2D eigenvalue weighted by Gasteiger charge is -2.11. The molecule has 4 nitrogen and oxygen atoms in total. The minimum atomic E-state index is -0.414. The maximum Gasteiger partial charge on any atom is 0.228 e. The molecule has 1 rings (SSSR count). The predicted molar refractivity (Wildman–Crippen MR) is 52.1 cm³/mol.